The molecule has 0 radical (unpaired) electrons. The third-order valence-electron chi connectivity index (χ3n) is 4.57. The van der Waals surface area contributed by atoms with Gasteiger partial charge in [0.05, 0.1) is 6.42 Å². The maximum atomic E-state index is 13.6. The minimum absolute atomic E-state index is 0.0722. The van der Waals surface area contributed by atoms with Crippen LogP contribution in [0, 0.1) is 11.7 Å². The van der Waals surface area contributed by atoms with Crippen LogP contribution < -0.4 is 10.5 Å². The van der Waals surface area contributed by atoms with Crippen molar-refractivity contribution in [3.63, 3.8) is 0 Å². The molecule has 3 N–H and O–H groups in total. The number of halogens is 1. The van der Waals surface area contributed by atoms with Crippen molar-refractivity contribution in [2.45, 2.75) is 24.5 Å². The van der Waals surface area contributed by atoms with Crippen LogP contribution in [0.4, 0.5) is 4.39 Å². The maximum Gasteiger partial charge on any atom is 0.303 e. The minimum Gasteiger partial charge on any atom is -0.481 e. The Morgan fingerprint density at radius 1 is 1.62 bits per heavy atom. The summed E-state index contributed by atoms with van der Waals surface area (Å²) in [5, 5.41) is 9.21. The minimum atomic E-state index is -0.910. The molecule has 1 aromatic rings. The Labute approximate surface area is 122 Å². The van der Waals surface area contributed by atoms with Gasteiger partial charge in [0.15, 0.2) is 5.72 Å². The van der Waals surface area contributed by atoms with Crippen LogP contribution in [0.3, 0.4) is 0 Å². The molecule has 3 atom stereocenters. The number of hydrogen-bond donors (Lipinski definition) is 2. The average Bonchev–Trinajstić information content (AvgIpc) is 2.40. The zero-order valence-electron chi connectivity index (χ0n) is 11.9. The number of hydrogen-bond acceptors (Lipinski definition) is 4. The number of fused-ring (bicyclic) bond motifs is 2. The molecule has 0 bridgehead atoms. The van der Waals surface area contributed by atoms with E-state index in [0.717, 1.165) is 6.54 Å². The lowest BCUT2D eigenvalue weighted by atomic mass is 9.72. The molecule has 2 aliphatic rings. The molecule has 21 heavy (non-hydrogen) atoms. The van der Waals surface area contributed by atoms with Crippen LogP contribution in [0.25, 0.3) is 0 Å². The number of carboxylic acid groups (broad SMARTS) is 1. The molecule has 0 amide bonds. The van der Waals surface area contributed by atoms with Crippen molar-refractivity contribution in [3.8, 4) is 5.75 Å². The number of carbonyl (C=O) groups is 1. The molecular formula is C15H19FN2O3. The first-order valence-corrected chi connectivity index (χ1v) is 7.07. The van der Waals surface area contributed by atoms with E-state index in [1.54, 1.807) is 6.07 Å². The van der Waals surface area contributed by atoms with E-state index >= 15 is 0 Å². The largest absolute Gasteiger partial charge is 0.481 e. The third-order valence-corrected chi connectivity index (χ3v) is 4.57. The van der Waals surface area contributed by atoms with E-state index in [-0.39, 0.29) is 24.1 Å². The van der Waals surface area contributed by atoms with Crippen LogP contribution in [0.1, 0.15) is 24.3 Å². The zero-order chi connectivity index (χ0) is 15.2. The molecule has 0 saturated carbocycles. The lowest BCUT2D eigenvalue weighted by Crippen LogP contribution is -2.63. The van der Waals surface area contributed by atoms with E-state index in [1.165, 1.54) is 12.1 Å². The van der Waals surface area contributed by atoms with Gasteiger partial charge in [-0.1, -0.05) is 0 Å². The highest BCUT2D eigenvalue weighted by molar-refractivity contribution is 5.68. The van der Waals surface area contributed by atoms with Gasteiger partial charge in [0, 0.05) is 36.9 Å². The highest BCUT2D eigenvalue weighted by Gasteiger charge is 2.50. The molecule has 3 unspecified atom stereocenters. The van der Waals surface area contributed by atoms with Crippen LogP contribution in [0.5, 0.6) is 5.75 Å². The first kappa shape index (κ1) is 14.3. The predicted octanol–water partition coefficient (Wildman–Crippen LogP) is 1.38. The molecule has 5 nitrogen and oxygen atoms in total. The Bertz CT molecular complexity index is 580. The smallest absolute Gasteiger partial charge is 0.303 e. The van der Waals surface area contributed by atoms with E-state index in [2.05, 4.69) is 4.90 Å². The molecule has 114 valence electrons. The van der Waals surface area contributed by atoms with Gasteiger partial charge >= 0.3 is 5.97 Å². The fourth-order valence-electron chi connectivity index (χ4n) is 3.49. The number of carboxylic acids is 1. The van der Waals surface area contributed by atoms with Crippen molar-refractivity contribution in [1.29, 1.82) is 0 Å². The molecule has 2 heterocycles. The van der Waals surface area contributed by atoms with Crippen molar-refractivity contribution in [2.24, 2.45) is 11.7 Å². The van der Waals surface area contributed by atoms with Gasteiger partial charge in [-0.05, 0) is 25.2 Å². The summed E-state index contributed by atoms with van der Waals surface area (Å²) in [5.74, 6) is -1.29. The molecule has 2 aliphatic heterocycles. The summed E-state index contributed by atoms with van der Waals surface area (Å²) in [6.45, 7) is 1.44. The van der Waals surface area contributed by atoms with Crippen LogP contribution >= 0.6 is 0 Å². The second-order valence-electron chi connectivity index (χ2n) is 6.06. The van der Waals surface area contributed by atoms with Crippen molar-refractivity contribution in [1.82, 2.24) is 4.90 Å². The van der Waals surface area contributed by atoms with E-state index < -0.39 is 11.7 Å². The van der Waals surface area contributed by atoms with E-state index in [4.69, 9.17) is 10.5 Å². The second-order valence-corrected chi connectivity index (χ2v) is 6.06. The summed E-state index contributed by atoms with van der Waals surface area (Å²) in [4.78, 5) is 13.3. The van der Waals surface area contributed by atoms with Crippen molar-refractivity contribution < 1.29 is 19.0 Å². The number of ether oxygens (including phenoxy) is 1. The molecule has 0 aromatic heterocycles. The summed E-state index contributed by atoms with van der Waals surface area (Å²) >= 11 is 0. The predicted molar refractivity (Wildman–Crippen MR) is 74.5 cm³/mol. The standard InChI is InChI=1S/C15H19FN2O3/c1-18-5-4-15(17)12(8-18)10(7-14(19)20)11-6-9(16)2-3-13(11)21-15/h2-3,6,10,12H,4-5,7-8,17H2,1H3,(H,19,20). The van der Waals surface area contributed by atoms with Crippen LogP contribution in [-0.4, -0.2) is 41.8 Å². The summed E-state index contributed by atoms with van der Waals surface area (Å²) < 4.78 is 19.5. The first-order chi connectivity index (χ1) is 9.89. The van der Waals surface area contributed by atoms with Crippen LogP contribution in [0.2, 0.25) is 0 Å². The van der Waals surface area contributed by atoms with Crippen molar-refractivity contribution >= 4 is 5.97 Å². The molecule has 0 spiro atoms. The van der Waals surface area contributed by atoms with Gasteiger partial charge in [-0.25, -0.2) is 4.39 Å². The lowest BCUT2D eigenvalue weighted by molar-refractivity contribution is -0.139. The number of likely N-dealkylation sites (tertiary alicyclic amines) is 1. The van der Waals surface area contributed by atoms with Gasteiger partial charge in [-0.15, -0.1) is 0 Å². The Morgan fingerprint density at radius 2 is 2.38 bits per heavy atom. The highest BCUT2D eigenvalue weighted by atomic mass is 19.1. The van der Waals surface area contributed by atoms with Gasteiger partial charge in [0.25, 0.3) is 0 Å². The zero-order valence-corrected chi connectivity index (χ0v) is 11.9. The number of aliphatic carboxylic acids is 1. The Balaban J connectivity index is 2.07. The second kappa shape index (κ2) is 4.96. The number of piperidine rings is 1. The average molecular weight is 294 g/mol. The fraction of sp³-hybridized carbons (Fsp3) is 0.533. The van der Waals surface area contributed by atoms with E-state index in [0.29, 0.717) is 24.3 Å². The maximum absolute atomic E-state index is 13.6. The Morgan fingerprint density at radius 3 is 3.10 bits per heavy atom. The van der Waals surface area contributed by atoms with Gasteiger partial charge in [-0.2, -0.15) is 0 Å². The van der Waals surface area contributed by atoms with Gasteiger partial charge < -0.3 is 14.7 Å². The quantitative estimate of drug-likeness (QED) is 0.862. The Kier molecular flexibility index (Phi) is 3.37. The molecule has 3 rings (SSSR count). The first-order valence-electron chi connectivity index (χ1n) is 7.07. The molecule has 1 saturated heterocycles. The molecule has 1 aromatic carbocycles. The summed E-state index contributed by atoms with van der Waals surface area (Å²) in [6, 6.07) is 4.23. The molecular weight excluding hydrogens is 275 g/mol. The Hall–Kier alpha value is -1.66. The molecule has 0 aliphatic carbocycles. The van der Waals surface area contributed by atoms with Crippen molar-refractivity contribution in [2.75, 3.05) is 20.1 Å². The topological polar surface area (TPSA) is 75.8 Å². The van der Waals surface area contributed by atoms with Crippen LogP contribution in [-0.2, 0) is 4.79 Å². The van der Waals surface area contributed by atoms with Gasteiger partial charge in [-0.3, -0.25) is 10.5 Å². The van der Waals surface area contributed by atoms with E-state index in [1.807, 2.05) is 7.05 Å². The van der Waals surface area contributed by atoms with Crippen LogP contribution in [0.15, 0.2) is 18.2 Å². The SMILES string of the molecule is CN1CCC2(N)Oc3ccc(F)cc3C(CC(=O)O)C2C1. The number of rotatable bonds is 2. The third kappa shape index (κ3) is 2.49. The number of benzene rings is 1. The molecule has 6 heteroatoms. The summed E-state index contributed by atoms with van der Waals surface area (Å²) in [6.07, 6.45) is 0.554. The normalized spacial score (nSPS) is 32.0. The summed E-state index contributed by atoms with van der Waals surface area (Å²) in [5.41, 5.74) is 6.14. The highest BCUT2D eigenvalue weighted by Crippen LogP contribution is 2.47. The molecule has 1 fully saturated rings. The summed E-state index contributed by atoms with van der Waals surface area (Å²) in [7, 11) is 1.97. The van der Waals surface area contributed by atoms with Gasteiger partial charge in [0.2, 0.25) is 0 Å². The fourth-order valence-corrected chi connectivity index (χ4v) is 3.49. The van der Waals surface area contributed by atoms with E-state index in [9.17, 15) is 14.3 Å². The van der Waals surface area contributed by atoms with Crippen molar-refractivity contribution in [3.05, 3.63) is 29.6 Å². The van der Waals surface area contributed by atoms with Gasteiger partial charge in [0.1, 0.15) is 11.6 Å². The number of nitrogens with zero attached hydrogens (tertiary/aromatic N) is 1. The lowest BCUT2D eigenvalue weighted by Gasteiger charge is -2.50. The number of nitrogens with two attached hydrogens (primary N) is 1. The monoisotopic (exact) mass is 294 g/mol.